The van der Waals surface area contributed by atoms with Crippen molar-refractivity contribution in [1.29, 1.82) is 0 Å². The molecule has 16 heavy (non-hydrogen) atoms. The van der Waals surface area contributed by atoms with E-state index in [1.54, 1.807) is 14.2 Å². The molecular formula is C13H21NO2. The molecule has 3 nitrogen and oxygen atoms in total. The number of nitrogens with two attached hydrogens (primary N) is 1. The van der Waals surface area contributed by atoms with Gasteiger partial charge in [-0.15, -0.1) is 0 Å². The minimum atomic E-state index is -0.0949. The summed E-state index contributed by atoms with van der Waals surface area (Å²) in [4.78, 5) is 0. The van der Waals surface area contributed by atoms with Gasteiger partial charge in [-0.2, -0.15) is 0 Å². The fourth-order valence-electron chi connectivity index (χ4n) is 1.80. The number of methoxy groups -OCH3 is 2. The molecule has 0 bridgehead atoms. The van der Waals surface area contributed by atoms with E-state index >= 15 is 0 Å². The van der Waals surface area contributed by atoms with Gasteiger partial charge in [0.15, 0.2) is 0 Å². The van der Waals surface area contributed by atoms with Gasteiger partial charge in [-0.25, -0.2) is 0 Å². The Morgan fingerprint density at radius 2 is 1.81 bits per heavy atom. The number of ether oxygens (including phenoxy) is 2. The molecule has 0 fully saturated rings. The summed E-state index contributed by atoms with van der Waals surface area (Å²) in [5.74, 6) is 1.71. The smallest absolute Gasteiger partial charge is 0.129 e. The average Bonchev–Trinajstić information content (AvgIpc) is 2.28. The molecule has 0 aliphatic carbocycles. The fraction of sp³-hybridized carbons (Fsp3) is 0.538. The summed E-state index contributed by atoms with van der Waals surface area (Å²) < 4.78 is 10.7. The van der Waals surface area contributed by atoms with Crippen LogP contribution in [0, 0.1) is 6.92 Å². The Morgan fingerprint density at radius 1 is 1.19 bits per heavy atom. The zero-order chi connectivity index (χ0) is 12.3. The van der Waals surface area contributed by atoms with E-state index in [0.29, 0.717) is 6.54 Å². The molecule has 3 heteroatoms. The van der Waals surface area contributed by atoms with E-state index in [-0.39, 0.29) is 5.41 Å². The normalized spacial score (nSPS) is 11.4. The Balaban J connectivity index is 3.37. The van der Waals surface area contributed by atoms with Gasteiger partial charge in [0.05, 0.1) is 14.2 Å². The SMILES string of the molecule is COc1ccc(C(C)(C)CN)c(OC)c1C. The van der Waals surface area contributed by atoms with Crippen LogP contribution in [0.2, 0.25) is 0 Å². The van der Waals surface area contributed by atoms with Crippen molar-refractivity contribution < 1.29 is 9.47 Å². The van der Waals surface area contributed by atoms with Crippen LogP contribution in [0.25, 0.3) is 0 Å². The zero-order valence-electron chi connectivity index (χ0n) is 10.8. The molecule has 0 radical (unpaired) electrons. The molecule has 0 aliphatic heterocycles. The fourth-order valence-corrected chi connectivity index (χ4v) is 1.80. The van der Waals surface area contributed by atoms with Crippen LogP contribution in [-0.2, 0) is 5.41 Å². The lowest BCUT2D eigenvalue weighted by atomic mass is 9.83. The lowest BCUT2D eigenvalue weighted by Crippen LogP contribution is -2.28. The maximum absolute atomic E-state index is 5.80. The molecule has 2 N–H and O–H groups in total. The van der Waals surface area contributed by atoms with E-state index in [1.807, 2.05) is 19.1 Å². The van der Waals surface area contributed by atoms with E-state index < -0.39 is 0 Å². The third-order valence-corrected chi connectivity index (χ3v) is 3.02. The van der Waals surface area contributed by atoms with Crippen LogP contribution in [0.4, 0.5) is 0 Å². The Bertz CT molecular complexity index is 372. The van der Waals surface area contributed by atoms with Gasteiger partial charge >= 0.3 is 0 Å². The third-order valence-electron chi connectivity index (χ3n) is 3.02. The summed E-state index contributed by atoms with van der Waals surface area (Å²) in [7, 11) is 3.34. The van der Waals surface area contributed by atoms with Crippen molar-refractivity contribution >= 4 is 0 Å². The second kappa shape index (κ2) is 4.74. The van der Waals surface area contributed by atoms with Gasteiger partial charge in [0.2, 0.25) is 0 Å². The molecule has 0 unspecified atom stereocenters. The summed E-state index contributed by atoms with van der Waals surface area (Å²) in [5, 5.41) is 0. The predicted octanol–water partition coefficient (Wildman–Crippen LogP) is 2.25. The molecule has 0 saturated heterocycles. The maximum Gasteiger partial charge on any atom is 0.129 e. The van der Waals surface area contributed by atoms with Crippen molar-refractivity contribution in [3.63, 3.8) is 0 Å². The topological polar surface area (TPSA) is 44.5 Å². The monoisotopic (exact) mass is 223 g/mol. The molecule has 0 aromatic heterocycles. The highest BCUT2D eigenvalue weighted by Crippen LogP contribution is 2.37. The van der Waals surface area contributed by atoms with Gasteiger partial charge in [0, 0.05) is 23.1 Å². The molecule has 0 atom stereocenters. The first-order chi connectivity index (χ1) is 7.47. The Morgan fingerprint density at radius 3 is 2.25 bits per heavy atom. The molecule has 1 aromatic rings. The Hall–Kier alpha value is -1.22. The van der Waals surface area contributed by atoms with Crippen LogP contribution in [0.3, 0.4) is 0 Å². The standard InChI is InChI=1S/C13H21NO2/c1-9-11(15-4)7-6-10(12(9)16-5)13(2,3)8-14/h6-7H,8,14H2,1-5H3. The number of hydrogen-bond donors (Lipinski definition) is 1. The van der Waals surface area contributed by atoms with Crippen molar-refractivity contribution in [2.24, 2.45) is 5.73 Å². The first-order valence-electron chi connectivity index (χ1n) is 5.40. The van der Waals surface area contributed by atoms with Crippen LogP contribution in [0.1, 0.15) is 25.0 Å². The molecule has 0 aliphatic rings. The van der Waals surface area contributed by atoms with E-state index in [4.69, 9.17) is 15.2 Å². The molecule has 0 heterocycles. The van der Waals surface area contributed by atoms with Crippen molar-refractivity contribution in [3.05, 3.63) is 23.3 Å². The number of rotatable bonds is 4. The number of hydrogen-bond acceptors (Lipinski definition) is 3. The molecule has 0 spiro atoms. The molecule has 90 valence electrons. The van der Waals surface area contributed by atoms with Crippen LogP contribution in [0.5, 0.6) is 11.5 Å². The Kier molecular flexibility index (Phi) is 3.81. The highest BCUT2D eigenvalue weighted by atomic mass is 16.5. The van der Waals surface area contributed by atoms with Crippen LogP contribution < -0.4 is 15.2 Å². The lowest BCUT2D eigenvalue weighted by Gasteiger charge is -2.26. The number of benzene rings is 1. The minimum absolute atomic E-state index is 0.0949. The first-order valence-corrected chi connectivity index (χ1v) is 5.40. The van der Waals surface area contributed by atoms with Crippen LogP contribution in [-0.4, -0.2) is 20.8 Å². The molecule has 1 aromatic carbocycles. The van der Waals surface area contributed by atoms with Gasteiger partial charge in [0.25, 0.3) is 0 Å². The van der Waals surface area contributed by atoms with E-state index in [9.17, 15) is 0 Å². The Labute approximate surface area is 97.6 Å². The van der Waals surface area contributed by atoms with E-state index in [1.165, 1.54) is 0 Å². The highest BCUT2D eigenvalue weighted by molar-refractivity contribution is 5.52. The summed E-state index contributed by atoms with van der Waals surface area (Å²) in [6.07, 6.45) is 0. The first kappa shape index (κ1) is 12.8. The summed E-state index contributed by atoms with van der Waals surface area (Å²) >= 11 is 0. The lowest BCUT2D eigenvalue weighted by molar-refractivity contribution is 0.375. The quantitative estimate of drug-likeness (QED) is 0.851. The van der Waals surface area contributed by atoms with Crippen molar-refractivity contribution in [3.8, 4) is 11.5 Å². The van der Waals surface area contributed by atoms with Crippen LogP contribution in [0.15, 0.2) is 12.1 Å². The van der Waals surface area contributed by atoms with Crippen LogP contribution >= 0.6 is 0 Å². The second-order valence-electron chi connectivity index (χ2n) is 4.56. The largest absolute Gasteiger partial charge is 0.496 e. The van der Waals surface area contributed by atoms with Gasteiger partial charge in [-0.3, -0.25) is 0 Å². The van der Waals surface area contributed by atoms with Gasteiger partial charge in [-0.05, 0) is 13.0 Å². The molecule has 0 saturated carbocycles. The summed E-state index contributed by atoms with van der Waals surface area (Å²) in [5.41, 5.74) is 7.84. The van der Waals surface area contributed by atoms with Crippen molar-refractivity contribution in [2.75, 3.05) is 20.8 Å². The second-order valence-corrected chi connectivity index (χ2v) is 4.56. The molecule has 0 amide bonds. The maximum atomic E-state index is 5.80. The molecular weight excluding hydrogens is 202 g/mol. The van der Waals surface area contributed by atoms with Gasteiger partial charge < -0.3 is 15.2 Å². The van der Waals surface area contributed by atoms with Crippen molar-refractivity contribution in [2.45, 2.75) is 26.2 Å². The van der Waals surface area contributed by atoms with E-state index in [2.05, 4.69) is 13.8 Å². The van der Waals surface area contributed by atoms with Crippen molar-refractivity contribution in [1.82, 2.24) is 0 Å². The van der Waals surface area contributed by atoms with Gasteiger partial charge in [0.1, 0.15) is 11.5 Å². The molecule has 1 rings (SSSR count). The highest BCUT2D eigenvalue weighted by Gasteiger charge is 2.24. The van der Waals surface area contributed by atoms with E-state index in [0.717, 1.165) is 22.6 Å². The average molecular weight is 223 g/mol. The minimum Gasteiger partial charge on any atom is -0.496 e. The zero-order valence-corrected chi connectivity index (χ0v) is 10.8. The van der Waals surface area contributed by atoms with Gasteiger partial charge in [-0.1, -0.05) is 19.9 Å². The summed E-state index contributed by atoms with van der Waals surface area (Å²) in [6, 6.07) is 3.99. The third kappa shape index (κ3) is 2.14. The predicted molar refractivity (Wildman–Crippen MR) is 66.4 cm³/mol. The summed E-state index contributed by atoms with van der Waals surface area (Å²) in [6.45, 7) is 6.79.